The van der Waals surface area contributed by atoms with Gasteiger partial charge in [0.15, 0.2) is 5.82 Å². The molecule has 0 spiro atoms. The highest BCUT2D eigenvalue weighted by Crippen LogP contribution is 2.15. The molecule has 0 fully saturated rings. The summed E-state index contributed by atoms with van der Waals surface area (Å²) in [7, 11) is -1.95. The minimum Gasteiger partial charge on any atom is -0.313 e. The van der Waals surface area contributed by atoms with Gasteiger partial charge in [0.25, 0.3) is 10.1 Å². The van der Waals surface area contributed by atoms with Gasteiger partial charge in [-0.1, -0.05) is 12.8 Å². The molecule has 0 aliphatic carbocycles. The summed E-state index contributed by atoms with van der Waals surface area (Å²) in [6.45, 7) is 1.88. The highest BCUT2D eigenvalue weighted by atomic mass is 32.2. The van der Waals surface area contributed by atoms with E-state index < -0.39 is 10.1 Å². The highest BCUT2D eigenvalue weighted by Gasteiger charge is 2.12. The predicted octanol–water partition coefficient (Wildman–Crippen LogP) is 1.57. The first-order chi connectivity index (χ1) is 10.9. The van der Waals surface area contributed by atoms with Crippen molar-refractivity contribution in [3.8, 4) is 11.5 Å². The van der Waals surface area contributed by atoms with Crippen LogP contribution >= 0.6 is 0 Å². The van der Waals surface area contributed by atoms with Gasteiger partial charge in [-0.05, 0) is 19.8 Å². The summed E-state index contributed by atoms with van der Waals surface area (Å²) < 4.78 is 31.8. The van der Waals surface area contributed by atoms with Crippen molar-refractivity contribution in [2.45, 2.75) is 39.0 Å². The van der Waals surface area contributed by atoms with E-state index in [4.69, 9.17) is 4.55 Å². The summed E-state index contributed by atoms with van der Waals surface area (Å²) in [6.07, 6.45) is 7.13. The van der Waals surface area contributed by atoms with Gasteiger partial charge in [-0.15, -0.1) is 10.2 Å². The molecule has 0 unspecified atom stereocenters. The largest absolute Gasteiger partial charge is 0.313 e. The van der Waals surface area contributed by atoms with Gasteiger partial charge >= 0.3 is 0 Å². The maximum Gasteiger partial charge on any atom is 0.264 e. The van der Waals surface area contributed by atoms with E-state index in [2.05, 4.69) is 20.2 Å². The zero-order chi connectivity index (χ0) is 16.9. The smallest absolute Gasteiger partial charge is 0.264 e. The molecule has 0 atom stereocenters. The summed E-state index contributed by atoms with van der Waals surface area (Å²) >= 11 is 0. The van der Waals surface area contributed by atoms with E-state index in [1.54, 1.807) is 12.4 Å². The number of aromatic nitrogens is 5. The third-order valence-electron chi connectivity index (χ3n) is 3.53. The van der Waals surface area contributed by atoms with Crippen molar-refractivity contribution < 1.29 is 13.0 Å². The Morgan fingerprint density at radius 2 is 1.83 bits per heavy atom. The lowest BCUT2D eigenvalue weighted by molar-refractivity contribution is 0.479. The SMILES string of the molecule is Cc1cnc(-c2nnc(CCCCCCS(=O)(=O)O)n2C)cn1. The molecule has 1 N–H and O–H groups in total. The van der Waals surface area contributed by atoms with Crippen LogP contribution in [0.4, 0.5) is 0 Å². The van der Waals surface area contributed by atoms with Gasteiger partial charge < -0.3 is 4.57 Å². The van der Waals surface area contributed by atoms with Crippen LogP contribution in [0.1, 0.15) is 37.2 Å². The first kappa shape index (κ1) is 17.5. The summed E-state index contributed by atoms with van der Waals surface area (Å²) in [4.78, 5) is 8.51. The molecule has 2 aromatic rings. The lowest BCUT2D eigenvalue weighted by atomic mass is 10.1. The minimum atomic E-state index is -3.84. The Morgan fingerprint density at radius 1 is 1.09 bits per heavy atom. The molecule has 8 nitrogen and oxygen atoms in total. The topological polar surface area (TPSA) is 111 Å². The van der Waals surface area contributed by atoms with Crippen LogP contribution in [0, 0.1) is 6.92 Å². The molecule has 9 heteroatoms. The van der Waals surface area contributed by atoms with Gasteiger partial charge in [0.05, 0.1) is 17.6 Å². The summed E-state index contributed by atoms with van der Waals surface area (Å²) in [6, 6.07) is 0. The fourth-order valence-corrected chi connectivity index (χ4v) is 2.80. The summed E-state index contributed by atoms with van der Waals surface area (Å²) in [5, 5.41) is 8.34. The first-order valence-electron chi connectivity index (χ1n) is 7.49. The van der Waals surface area contributed by atoms with Crippen molar-refractivity contribution in [3.63, 3.8) is 0 Å². The van der Waals surface area contributed by atoms with Crippen molar-refractivity contribution in [1.29, 1.82) is 0 Å². The second-order valence-corrected chi connectivity index (χ2v) is 7.06. The Kier molecular flexibility index (Phi) is 5.78. The molecule has 2 heterocycles. The third kappa shape index (κ3) is 5.36. The molecule has 2 aromatic heterocycles. The lowest BCUT2D eigenvalue weighted by Gasteiger charge is -2.04. The van der Waals surface area contributed by atoms with Crippen molar-refractivity contribution in [1.82, 2.24) is 24.7 Å². The molecule has 126 valence electrons. The average Bonchev–Trinajstić information content (AvgIpc) is 2.84. The van der Waals surface area contributed by atoms with E-state index in [9.17, 15) is 8.42 Å². The number of aryl methyl sites for hydroxylation is 2. The fraction of sp³-hybridized carbons (Fsp3) is 0.571. The van der Waals surface area contributed by atoms with Crippen LogP contribution in [-0.4, -0.2) is 43.5 Å². The zero-order valence-electron chi connectivity index (χ0n) is 13.3. The summed E-state index contributed by atoms with van der Waals surface area (Å²) in [5.74, 6) is 1.36. The molecular weight excluding hydrogens is 318 g/mol. The van der Waals surface area contributed by atoms with Gasteiger partial charge in [-0.3, -0.25) is 9.54 Å². The van der Waals surface area contributed by atoms with E-state index in [1.807, 2.05) is 18.5 Å². The third-order valence-corrected chi connectivity index (χ3v) is 4.33. The zero-order valence-corrected chi connectivity index (χ0v) is 14.1. The lowest BCUT2D eigenvalue weighted by Crippen LogP contribution is -2.04. The standard InChI is InChI=1S/C14H21N5O3S/c1-11-9-16-12(10-15-11)14-18-17-13(19(14)2)7-5-3-4-6-8-23(20,21)22/h9-10H,3-8H2,1-2H3,(H,20,21,22). The molecule has 0 radical (unpaired) electrons. The Labute approximate surface area is 135 Å². The molecule has 0 bridgehead atoms. The Balaban J connectivity index is 1.84. The van der Waals surface area contributed by atoms with E-state index in [0.29, 0.717) is 17.9 Å². The van der Waals surface area contributed by atoms with Crippen LogP contribution in [0.25, 0.3) is 11.5 Å². The van der Waals surface area contributed by atoms with Crippen molar-refractivity contribution >= 4 is 10.1 Å². The molecule has 0 aliphatic rings. The van der Waals surface area contributed by atoms with Crippen LogP contribution in [0.5, 0.6) is 0 Å². The van der Waals surface area contributed by atoms with Gasteiger partial charge in [0.1, 0.15) is 11.5 Å². The van der Waals surface area contributed by atoms with Gasteiger partial charge in [0.2, 0.25) is 0 Å². The van der Waals surface area contributed by atoms with Crippen LogP contribution in [0.3, 0.4) is 0 Å². The van der Waals surface area contributed by atoms with Crippen LogP contribution in [0.15, 0.2) is 12.4 Å². The van der Waals surface area contributed by atoms with Crippen LogP contribution in [0.2, 0.25) is 0 Å². The molecular formula is C14H21N5O3S. The van der Waals surface area contributed by atoms with Crippen molar-refractivity contribution in [2.75, 3.05) is 5.75 Å². The highest BCUT2D eigenvalue weighted by molar-refractivity contribution is 7.85. The average molecular weight is 339 g/mol. The maximum atomic E-state index is 10.6. The molecule has 0 saturated carbocycles. The minimum absolute atomic E-state index is 0.173. The molecule has 0 saturated heterocycles. The molecule has 0 aromatic carbocycles. The summed E-state index contributed by atoms with van der Waals surface area (Å²) in [5.41, 5.74) is 1.53. The predicted molar refractivity (Wildman–Crippen MR) is 85.4 cm³/mol. The Bertz CT molecular complexity index is 740. The number of rotatable bonds is 8. The van der Waals surface area contributed by atoms with E-state index in [1.165, 1.54) is 0 Å². The normalized spacial score (nSPS) is 11.8. The van der Waals surface area contributed by atoms with Gasteiger partial charge in [0, 0.05) is 19.7 Å². The second-order valence-electron chi connectivity index (χ2n) is 5.49. The monoisotopic (exact) mass is 339 g/mol. The Morgan fingerprint density at radius 3 is 2.48 bits per heavy atom. The quantitative estimate of drug-likeness (QED) is 0.574. The van der Waals surface area contributed by atoms with Crippen molar-refractivity contribution in [3.05, 3.63) is 23.9 Å². The van der Waals surface area contributed by atoms with Gasteiger partial charge in [-0.2, -0.15) is 8.42 Å². The van der Waals surface area contributed by atoms with Crippen LogP contribution < -0.4 is 0 Å². The van der Waals surface area contributed by atoms with E-state index in [-0.39, 0.29) is 5.75 Å². The second kappa shape index (κ2) is 7.60. The van der Waals surface area contributed by atoms with Gasteiger partial charge in [-0.25, -0.2) is 4.98 Å². The molecule has 0 aliphatic heterocycles. The molecule has 23 heavy (non-hydrogen) atoms. The Hall–Kier alpha value is -1.87. The first-order valence-corrected chi connectivity index (χ1v) is 9.10. The van der Waals surface area contributed by atoms with E-state index >= 15 is 0 Å². The molecule has 2 rings (SSSR count). The number of nitrogens with zero attached hydrogens (tertiary/aromatic N) is 5. The van der Waals surface area contributed by atoms with E-state index in [0.717, 1.165) is 37.2 Å². The van der Waals surface area contributed by atoms with Crippen molar-refractivity contribution in [2.24, 2.45) is 7.05 Å². The number of hydrogen-bond donors (Lipinski definition) is 1. The van der Waals surface area contributed by atoms with Crippen LogP contribution in [-0.2, 0) is 23.6 Å². The molecule has 0 amide bonds. The maximum absolute atomic E-state index is 10.6. The number of hydrogen-bond acceptors (Lipinski definition) is 6. The number of unbranched alkanes of at least 4 members (excludes halogenated alkanes) is 3. The fourth-order valence-electron chi connectivity index (χ4n) is 2.23.